The van der Waals surface area contributed by atoms with Gasteiger partial charge in [0.15, 0.2) is 0 Å². The lowest BCUT2D eigenvalue weighted by molar-refractivity contribution is -0.145. The van der Waals surface area contributed by atoms with Gasteiger partial charge in [-0.15, -0.1) is 0 Å². The number of carbonyl (C=O) groups is 1. The number of allylic oxidation sites excluding steroid dienone is 4. The van der Waals surface area contributed by atoms with Crippen molar-refractivity contribution in [2.24, 2.45) is 17.3 Å². The lowest BCUT2D eigenvalue weighted by Crippen LogP contribution is -2.23. The SMILES string of the molecule is COC(=O)C1CC=C(C(C)(C)CC/C=C(\C)C(C)C)CC1. The Balaban J connectivity index is 2.57. The molecule has 0 aromatic rings. The monoisotopic (exact) mass is 292 g/mol. The van der Waals surface area contributed by atoms with Gasteiger partial charge in [-0.1, -0.05) is 51.0 Å². The molecule has 0 saturated carbocycles. The van der Waals surface area contributed by atoms with E-state index in [1.54, 1.807) is 0 Å². The number of hydrogen-bond acceptors (Lipinski definition) is 2. The van der Waals surface area contributed by atoms with Crippen molar-refractivity contribution in [3.63, 3.8) is 0 Å². The van der Waals surface area contributed by atoms with E-state index in [1.165, 1.54) is 24.7 Å². The Morgan fingerprint density at radius 2 is 2.14 bits per heavy atom. The average molecular weight is 292 g/mol. The standard InChI is InChI=1S/C19H32O2/c1-14(2)15(3)8-7-13-19(4,5)17-11-9-16(10-12-17)18(20)21-6/h8,11,14,16H,7,9-10,12-13H2,1-6H3/b15-8+. The van der Waals surface area contributed by atoms with E-state index in [9.17, 15) is 4.79 Å². The first-order valence-electron chi connectivity index (χ1n) is 8.22. The number of methoxy groups -OCH3 is 1. The summed E-state index contributed by atoms with van der Waals surface area (Å²) in [7, 11) is 1.48. The lowest BCUT2D eigenvalue weighted by Gasteiger charge is -2.32. The van der Waals surface area contributed by atoms with Crippen LogP contribution in [0.5, 0.6) is 0 Å². The van der Waals surface area contributed by atoms with Gasteiger partial charge in [0.2, 0.25) is 0 Å². The molecule has 0 radical (unpaired) electrons. The molecule has 1 unspecified atom stereocenters. The van der Waals surface area contributed by atoms with E-state index in [2.05, 4.69) is 46.8 Å². The summed E-state index contributed by atoms with van der Waals surface area (Å²) in [5.74, 6) is 0.652. The number of hydrogen-bond donors (Lipinski definition) is 0. The lowest BCUT2D eigenvalue weighted by atomic mass is 9.73. The molecule has 0 aromatic carbocycles. The number of carbonyl (C=O) groups excluding carboxylic acids is 1. The molecule has 1 aliphatic carbocycles. The van der Waals surface area contributed by atoms with E-state index < -0.39 is 0 Å². The summed E-state index contributed by atoms with van der Waals surface area (Å²) in [6.45, 7) is 11.4. The molecule has 1 aliphatic rings. The molecular weight excluding hydrogens is 260 g/mol. The Labute approximate surface area is 130 Å². The Morgan fingerprint density at radius 3 is 2.62 bits per heavy atom. The first-order valence-corrected chi connectivity index (χ1v) is 8.22. The zero-order chi connectivity index (χ0) is 16.0. The second kappa shape index (κ2) is 7.82. The van der Waals surface area contributed by atoms with Crippen LogP contribution in [0.4, 0.5) is 0 Å². The highest BCUT2D eigenvalue weighted by atomic mass is 16.5. The third-order valence-corrected chi connectivity index (χ3v) is 4.96. The molecule has 0 spiro atoms. The van der Waals surface area contributed by atoms with Crippen LogP contribution < -0.4 is 0 Å². The molecule has 1 atom stereocenters. The van der Waals surface area contributed by atoms with Crippen molar-refractivity contribution >= 4 is 5.97 Å². The topological polar surface area (TPSA) is 26.3 Å². The fourth-order valence-electron chi connectivity index (χ4n) is 2.89. The molecule has 120 valence electrons. The first kappa shape index (κ1) is 18.0. The van der Waals surface area contributed by atoms with Gasteiger partial charge in [0.1, 0.15) is 0 Å². The summed E-state index contributed by atoms with van der Waals surface area (Å²) in [6.07, 6.45) is 9.77. The predicted molar refractivity (Wildman–Crippen MR) is 89.1 cm³/mol. The van der Waals surface area contributed by atoms with Crippen molar-refractivity contribution in [2.75, 3.05) is 7.11 Å². The van der Waals surface area contributed by atoms with Crippen LogP contribution in [-0.4, -0.2) is 13.1 Å². The highest BCUT2D eigenvalue weighted by Gasteiger charge is 2.28. The fourth-order valence-corrected chi connectivity index (χ4v) is 2.89. The van der Waals surface area contributed by atoms with Crippen LogP contribution >= 0.6 is 0 Å². The molecule has 21 heavy (non-hydrogen) atoms. The molecule has 0 amide bonds. The minimum absolute atomic E-state index is 0.0569. The maximum Gasteiger partial charge on any atom is 0.308 e. The maximum absolute atomic E-state index is 11.6. The summed E-state index contributed by atoms with van der Waals surface area (Å²) < 4.78 is 4.85. The van der Waals surface area contributed by atoms with Crippen LogP contribution in [0.15, 0.2) is 23.3 Å². The number of rotatable bonds is 6. The molecule has 0 aromatic heterocycles. The molecule has 0 N–H and O–H groups in total. The van der Waals surface area contributed by atoms with Gasteiger partial charge in [0.25, 0.3) is 0 Å². The van der Waals surface area contributed by atoms with Crippen LogP contribution in [0.1, 0.15) is 66.7 Å². The number of ether oxygens (including phenoxy) is 1. The van der Waals surface area contributed by atoms with Crippen molar-refractivity contribution in [3.05, 3.63) is 23.3 Å². The van der Waals surface area contributed by atoms with Crippen LogP contribution in [0, 0.1) is 17.3 Å². The van der Waals surface area contributed by atoms with Crippen LogP contribution in [-0.2, 0) is 9.53 Å². The highest BCUT2D eigenvalue weighted by Crippen LogP contribution is 2.39. The average Bonchev–Trinajstić information content (AvgIpc) is 2.46. The minimum Gasteiger partial charge on any atom is -0.469 e. The van der Waals surface area contributed by atoms with Gasteiger partial charge < -0.3 is 4.74 Å². The van der Waals surface area contributed by atoms with E-state index in [1.807, 2.05) is 0 Å². The molecule has 2 heteroatoms. The molecule has 1 rings (SSSR count). The summed E-state index contributed by atoms with van der Waals surface area (Å²) in [6, 6.07) is 0. The summed E-state index contributed by atoms with van der Waals surface area (Å²) in [5.41, 5.74) is 3.22. The normalized spacial score (nSPS) is 20.4. The fraction of sp³-hybridized carbons (Fsp3) is 0.737. The van der Waals surface area contributed by atoms with Crippen molar-refractivity contribution in [2.45, 2.75) is 66.7 Å². The maximum atomic E-state index is 11.6. The zero-order valence-corrected chi connectivity index (χ0v) is 14.7. The van der Waals surface area contributed by atoms with E-state index in [0.29, 0.717) is 5.92 Å². The van der Waals surface area contributed by atoms with Gasteiger partial charge in [-0.3, -0.25) is 4.79 Å². The van der Waals surface area contributed by atoms with Gasteiger partial charge in [-0.25, -0.2) is 0 Å². The van der Waals surface area contributed by atoms with Gasteiger partial charge in [-0.2, -0.15) is 0 Å². The molecule has 0 aliphatic heterocycles. The van der Waals surface area contributed by atoms with Gasteiger partial charge in [0.05, 0.1) is 13.0 Å². The summed E-state index contributed by atoms with van der Waals surface area (Å²) in [4.78, 5) is 11.6. The summed E-state index contributed by atoms with van der Waals surface area (Å²) in [5, 5.41) is 0. The quantitative estimate of drug-likeness (QED) is 0.491. The van der Waals surface area contributed by atoms with Gasteiger partial charge in [0, 0.05) is 0 Å². The van der Waals surface area contributed by atoms with E-state index in [4.69, 9.17) is 4.74 Å². The predicted octanol–water partition coefficient (Wildman–Crippen LogP) is 5.29. The second-order valence-corrected chi connectivity index (χ2v) is 7.25. The van der Waals surface area contributed by atoms with Gasteiger partial charge in [-0.05, 0) is 50.4 Å². The van der Waals surface area contributed by atoms with Crippen LogP contribution in [0.3, 0.4) is 0 Å². The minimum atomic E-state index is -0.0569. The van der Waals surface area contributed by atoms with E-state index in [0.717, 1.165) is 25.7 Å². The third kappa shape index (κ3) is 5.33. The van der Waals surface area contributed by atoms with Crippen molar-refractivity contribution in [1.82, 2.24) is 0 Å². The molecule has 0 bridgehead atoms. The van der Waals surface area contributed by atoms with Crippen molar-refractivity contribution in [3.8, 4) is 0 Å². The zero-order valence-electron chi connectivity index (χ0n) is 14.7. The molecule has 0 saturated heterocycles. The van der Waals surface area contributed by atoms with E-state index >= 15 is 0 Å². The first-order chi connectivity index (χ1) is 9.77. The molecule has 0 fully saturated rings. The Bertz CT molecular complexity index is 413. The molecule has 0 heterocycles. The van der Waals surface area contributed by atoms with Crippen molar-refractivity contribution < 1.29 is 9.53 Å². The van der Waals surface area contributed by atoms with E-state index in [-0.39, 0.29) is 17.3 Å². The smallest absolute Gasteiger partial charge is 0.308 e. The number of esters is 1. The summed E-state index contributed by atoms with van der Waals surface area (Å²) >= 11 is 0. The van der Waals surface area contributed by atoms with Crippen molar-refractivity contribution in [1.29, 1.82) is 0 Å². The Kier molecular flexibility index (Phi) is 6.70. The van der Waals surface area contributed by atoms with Crippen LogP contribution in [0.25, 0.3) is 0 Å². The highest BCUT2D eigenvalue weighted by molar-refractivity contribution is 5.72. The van der Waals surface area contributed by atoms with Crippen LogP contribution in [0.2, 0.25) is 0 Å². The second-order valence-electron chi connectivity index (χ2n) is 7.25. The Morgan fingerprint density at radius 1 is 1.48 bits per heavy atom. The molecule has 2 nitrogen and oxygen atoms in total. The third-order valence-electron chi connectivity index (χ3n) is 4.96. The Hall–Kier alpha value is -1.05. The largest absolute Gasteiger partial charge is 0.469 e. The van der Waals surface area contributed by atoms with Gasteiger partial charge >= 0.3 is 5.97 Å². The molecular formula is C19H32O2.